The van der Waals surface area contributed by atoms with Crippen molar-refractivity contribution in [2.45, 2.75) is 18.8 Å². The second kappa shape index (κ2) is 5.29. The van der Waals surface area contributed by atoms with Crippen molar-refractivity contribution in [2.24, 2.45) is 0 Å². The topological polar surface area (TPSA) is 93.0 Å². The van der Waals surface area contributed by atoms with Crippen molar-refractivity contribution in [3.8, 4) is 5.75 Å². The van der Waals surface area contributed by atoms with E-state index in [0.29, 0.717) is 28.1 Å². The zero-order valence-electron chi connectivity index (χ0n) is 11.4. The third-order valence-corrected chi connectivity index (χ3v) is 3.74. The number of hydrogen-bond acceptors (Lipinski definition) is 4. The standard InChI is InChI=1S/C14H15ClN4O2/c1-21-10-5-4-8(6-9(10)15)17-14(20)13-11(16)12(18-19-13)7-2-3-7/h4-7H,2-3,16H2,1H3,(H,17,20)(H,18,19). The van der Waals surface area contributed by atoms with Crippen LogP contribution >= 0.6 is 11.6 Å². The molecular weight excluding hydrogens is 292 g/mol. The van der Waals surface area contributed by atoms with E-state index >= 15 is 0 Å². The summed E-state index contributed by atoms with van der Waals surface area (Å²) < 4.78 is 5.06. The van der Waals surface area contributed by atoms with Crippen LogP contribution in [0.5, 0.6) is 5.75 Å². The molecule has 3 rings (SSSR count). The highest BCUT2D eigenvalue weighted by Gasteiger charge is 2.30. The zero-order valence-corrected chi connectivity index (χ0v) is 12.2. The number of aromatic nitrogens is 2. The number of nitrogens with zero attached hydrogens (tertiary/aromatic N) is 1. The Bertz CT molecular complexity index is 694. The summed E-state index contributed by atoms with van der Waals surface area (Å²) in [6.07, 6.45) is 2.17. The molecular formula is C14H15ClN4O2. The Balaban J connectivity index is 1.78. The Morgan fingerprint density at radius 2 is 2.29 bits per heavy atom. The van der Waals surface area contributed by atoms with Gasteiger partial charge in [0.1, 0.15) is 5.75 Å². The molecule has 1 amide bonds. The number of amides is 1. The van der Waals surface area contributed by atoms with E-state index in [1.807, 2.05) is 0 Å². The Labute approximate surface area is 126 Å². The minimum Gasteiger partial charge on any atom is -0.495 e. The number of nitrogen functional groups attached to an aromatic ring is 1. The van der Waals surface area contributed by atoms with E-state index in [1.165, 1.54) is 7.11 Å². The number of carbonyl (C=O) groups excluding carboxylic acids is 1. The number of nitrogens with one attached hydrogen (secondary N) is 2. The molecule has 4 N–H and O–H groups in total. The molecule has 0 saturated heterocycles. The van der Waals surface area contributed by atoms with E-state index in [9.17, 15) is 4.79 Å². The van der Waals surface area contributed by atoms with Crippen molar-refractivity contribution in [3.63, 3.8) is 0 Å². The molecule has 1 heterocycles. The summed E-state index contributed by atoms with van der Waals surface area (Å²) in [7, 11) is 1.53. The van der Waals surface area contributed by atoms with Crippen LogP contribution in [0.25, 0.3) is 0 Å². The van der Waals surface area contributed by atoms with E-state index in [4.69, 9.17) is 22.1 Å². The maximum Gasteiger partial charge on any atom is 0.278 e. The second-order valence-electron chi connectivity index (χ2n) is 4.98. The molecule has 6 nitrogen and oxygen atoms in total. The lowest BCUT2D eigenvalue weighted by molar-refractivity contribution is 0.102. The lowest BCUT2D eigenvalue weighted by atomic mass is 10.2. The third-order valence-electron chi connectivity index (χ3n) is 3.44. The molecule has 0 atom stereocenters. The molecule has 1 aromatic heterocycles. The third kappa shape index (κ3) is 2.67. The molecule has 1 aromatic carbocycles. The summed E-state index contributed by atoms with van der Waals surface area (Å²) in [6, 6.07) is 5.00. The Morgan fingerprint density at radius 3 is 2.90 bits per heavy atom. The van der Waals surface area contributed by atoms with E-state index in [1.54, 1.807) is 18.2 Å². The lowest BCUT2D eigenvalue weighted by Gasteiger charge is -2.07. The average molecular weight is 307 g/mol. The number of rotatable bonds is 4. The summed E-state index contributed by atoms with van der Waals surface area (Å²) in [6.45, 7) is 0. The molecule has 1 saturated carbocycles. The summed E-state index contributed by atoms with van der Waals surface area (Å²) >= 11 is 6.02. The monoisotopic (exact) mass is 306 g/mol. The minimum absolute atomic E-state index is 0.212. The van der Waals surface area contributed by atoms with Gasteiger partial charge in [0.2, 0.25) is 0 Å². The maximum atomic E-state index is 12.2. The van der Waals surface area contributed by atoms with E-state index in [-0.39, 0.29) is 11.6 Å². The van der Waals surface area contributed by atoms with Crippen molar-refractivity contribution in [1.29, 1.82) is 0 Å². The van der Waals surface area contributed by atoms with Crippen LogP contribution in [0.15, 0.2) is 18.2 Å². The van der Waals surface area contributed by atoms with Crippen molar-refractivity contribution in [1.82, 2.24) is 10.2 Å². The summed E-state index contributed by atoms with van der Waals surface area (Å²) in [5, 5.41) is 10.0. The van der Waals surface area contributed by atoms with Crippen LogP contribution in [0.3, 0.4) is 0 Å². The fraction of sp³-hybridized carbons (Fsp3) is 0.286. The van der Waals surface area contributed by atoms with E-state index in [0.717, 1.165) is 18.5 Å². The van der Waals surface area contributed by atoms with Crippen LogP contribution in [-0.4, -0.2) is 23.2 Å². The van der Waals surface area contributed by atoms with Gasteiger partial charge in [0.15, 0.2) is 5.69 Å². The fourth-order valence-corrected chi connectivity index (χ4v) is 2.41. The predicted molar refractivity (Wildman–Crippen MR) is 80.9 cm³/mol. The maximum absolute atomic E-state index is 12.2. The Morgan fingerprint density at radius 1 is 1.52 bits per heavy atom. The van der Waals surface area contributed by atoms with Crippen LogP contribution < -0.4 is 15.8 Å². The number of H-pyrrole nitrogens is 1. The van der Waals surface area contributed by atoms with Gasteiger partial charge in [-0.25, -0.2) is 0 Å². The van der Waals surface area contributed by atoms with Crippen LogP contribution in [0, 0.1) is 0 Å². The van der Waals surface area contributed by atoms with Crippen LogP contribution in [0.1, 0.15) is 34.9 Å². The van der Waals surface area contributed by atoms with E-state index in [2.05, 4.69) is 15.5 Å². The number of hydrogen-bond donors (Lipinski definition) is 3. The summed E-state index contributed by atoms with van der Waals surface area (Å²) in [4.78, 5) is 12.2. The summed E-state index contributed by atoms with van der Waals surface area (Å²) in [5.41, 5.74) is 8.02. The van der Waals surface area contributed by atoms with Gasteiger partial charge in [-0.15, -0.1) is 0 Å². The van der Waals surface area contributed by atoms with Gasteiger partial charge in [-0.3, -0.25) is 9.89 Å². The van der Waals surface area contributed by atoms with Gasteiger partial charge >= 0.3 is 0 Å². The Hall–Kier alpha value is -2.21. The Kier molecular flexibility index (Phi) is 3.47. The quantitative estimate of drug-likeness (QED) is 0.809. The number of benzene rings is 1. The predicted octanol–water partition coefficient (Wildman–Crippen LogP) is 2.78. The molecule has 21 heavy (non-hydrogen) atoms. The minimum atomic E-state index is -0.364. The lowest BCUT2D eigenvalue weighted by Crippen LogP contribution is -2.14. The van der Waals surface area contributed by atoms with E-state index < -0.39 is 0 Å². The van der Waals surface area contributed by atoms with Gasteiger partial charge in [-0.2, -0.15) is 5.10 Å². The highest BCUT2D eigenvalue weighted by molar-refractivity contribution is 6.32. The van der Waals surface area contributed by atoms with Crippen molar-refractivity contribution >= 4 is 28.9 Å². The van der Waals surface area contributed by atoms with Gasteiger partial charge in [0, 0.05) is 11.6 Å². The molecule has 0 bridgehead atoms. The molecule has 110 valence electrons. The highest BCUT2D eigenvalue weighted by Crippen LogP contribution is 2.42. The van der Waals surface area contributed by atoms with Crippen LogP contribution in [0.2, 0.25) is 5.02 Å². The normalized spacial score (nSPS) is 14.0. The largest absolute Gasteiger partial charge is 0.495 e. The number of ether oxygens (including phenoxy) is 1. The number of carbonyl (C=O) groups is 1. The first kappa shape index (κ1) is 13.8. The van der Waals surface area contributed by atoms with Crippen LogP contribution in [0.4, 0.5) is 11.4 Å². The molecule has 0 aliphatic heterocycles. The molecule has 0 spiro atoms. The fourth-order valence-electron chi connectivity index (χ4n) is 2.15. The molecule has 0 radical (unpaired) electrons. The molecule has 2 aromatic rings. The number of halogens is 1. The number of aromatic amines is 1. The van der Waals surface area contributed by atoms with Crippen molar-refractivity contribution < 1.29 is 9.53 Å². The van der Waals surface area contributed by atoms with Gasteiger partial charge < -0.3 is 15.8 Å². The average Bonchev–Trinajstić information content (AvgIpc) is 3.22. The number of anilines is 2. The van der Waals surface area contributed by atoms with Gasteiger partial charge in [-0.1, -0.05) is 11.6 Å². The molecule has 7 heteroatoms. The van der Waals surface area contributed by atoms with Gasteiger partial charge in [0.25, 0.3) is 5.91 Å². The smallest absolute Gasteiger partial charge is 0.278 e. The molecule has 1 fully saturated rings. The second-order valence-corrected chi connectivity index (χ2v) is 5.38. The van der Waals surface area contributed by atoms with Gasteiger partial charge in [0.05, 0.1) is 23.5 Å². The van der Waals surface area contributed by atoms with Crippen LogP contribution in [-0.2, 0) is 0 Å². The summed E-state index contributed by atoms with van der Waals surface area (Å²) in [5.74, 6) is 0.594. The highest BCUT2D eigenvalue weighted by atomic mass is 35.5. The first-order chi connectivity index (χ1) is 10.1. The number of methoxy groups -OCH3 is 1. The van der Waals surface area contributed by atoms with Crippen molar-refractivity contribution in [2.75, 3.05) is 18.2 Å². The first-order valence-electron chi connectivity index (χ1n) is 6.58. The van der Waals surface area contributed by atoms with Crippen molar-refractivity contribution in [3.05, 3.63) is 34.6 Å². The molecule has 1 aliphatic carbocycles. The number of nitrogens with two attached hydrogens (primary N) is 1. The van der Waals surface area contributed by atoms with Gasteiger partial charge in [-0.05, 0) is 31.0 Å². The first-order valence-corrected chi connectivity index (χ1v) is 6.96. The SMILES string of the molecule is COc1ccc(NC(=O)c2n[nH]c(C3CC3)c2N)cc1Cl. The zero-order chi connectivity index (χ0) is 15.0. The molecule has 0 unspecified atom stereocenters. The molecule has 1 aliphatic rings.